The van der Waals surface area contributed by atoms with E-state index in [9.17, 15) is 9.59 Å². The lowest BCUT2D eigenvalue weighted by atomic mass is 10.2. The fourth-order valence-corrected chi connectivity index (χ4v) is 3.20. The SMILES string of the molecule is COc1cc(NC(=O)CC2CSCCN2)ccc1NC(C)=O.Cl. The molecule has 0 spiro atoms. The highest BCUT2D eigenvalue weighted by Crippen LogP contribution is 2.28. The van der Waals surface area contributed by atoms with Crippen LogP contribution in [0.15, 0.2) is 18.2 Å². The molecule has 8 heteroatoms. The first-order valence-electron chi connectivity index (χ1n) is 7.15. The molecule has 0 radical (unpaired) electrons. The summed E-state index contributed by atoms with van der Waals surface area (Å²) in [6.07, 6.45) is 0.447. The predicted octanol–water partition coefficient (Wildman–Crippen LogP) is 2.11. The smallest absolute Gasteiger partial charge is 0.225 e. The summed E-state index contributed by atoms with van der Waals surface area (Å²) in [6, 6.07) is 5.38. The number of carbonyl (C=O) groups is 2. The van der Waals surface area contributed by atoms with E-state index in [2.05, 4.69) is 16.0 Å². The highest BCUT2D eigenvalue weighted by Gasteiger charge is 2.17. The van der Waals surface area contributed by atoms with E-state index >= 15 is 0 Å². The molecule has 1 unspecified atom stereocenters. The molecule has 1 aliphatic rings. The van der Waals surface area contributed by atoms with Gasteiger partial charge in [0.25, 0.3) is 0 Å². The molecule has 1 aromatic carbocycles. The van der Waals surface area contributed by atoms with Gasteiger partial charge < -0.3 is 20.7 Å². The zero-order valence-electron chi connectivity index (χ0n) is 13.2. The van der Waals surface area contributed by atoms with Crippen molar-refractivity contribution in [2.75, 3.05) is 35.8 Å². The van der Waals surface area contributed by atoms with Crippen LogP contribution in [0.1, 0.15) is 13.3 Å². The molecular formula is C15H22ClN3O3S. The molecule has 0 saturated carbocycles. The fraction of sp³-hybridized carbons (Fsp3) is 0.467. The number of rotatable bonds is 5. The third kappa shape index (κ3) is 6.29. The summed E-state index contributed by atoms with van der Waals surface area (Å²) in [5.74, 6) is 2.36. The first kappa shape index (κ1) is 19.6. The predicted molar refractivity (Wildman–Crippen MR) is 96.9 cm³/mol. The van der Waals surface area contributed by atoms with Crippen LogP contribution in [0.4, 0.5) is 11.4 Å². The van der Waals surface area contributed by atoms with E-state index in [-0.39, 0.29) is 30.3 Å². The van der Waals surface area contributed by atoms with Gasteiger partial charge in [0, 0.05) is 49.2 Å². The molecule has 1 atom stereocenters. The Morgan fingerprint density at radius 2 is 2.17 bits per heavy atom. The maximum atomic E-state index is 12.1. The minimum absolute atomic E-state index is 0. The lowest BCUT2D eigenvalue weighted by Crippen LogP contribution is -2.39. The molecule has 2 amide bonds. The Bertz CT molecular complexity index is 551. The van der Waals surface area contributed by atoms with E-state index in [4.69, 9.17) is 4.74 Å². The Labute approximate surface area is 146 Å². The monoisotopic (exact) mass is 359 g/mol. The molecule has 1 heterocycles. The molecule has 6 nitrogen and oxygen atoms in total. The van der Waals surface area contributed by atoms with Crippen LogP contribution in [0.25, 0.3) is 0 Å². The van der Waals surface area contributed by atoms with Gasteiger partial charge >= 0.3 is 0 Å². The van der Waals surface area contributed by atoms with Gasteiger partial charge in [-0.1, -0.05) is 0 Å². The number of hydrogen-bond acceptors (Lipinski definition) is 5. The summed E-state index contributed by atoms with van der Waals surface area (Å²) in [4.78, 5) is 23.2. The number of methoxy groups -OCH3 is 1. The number of hydrogen-bond donors (Lipinski definition) is 3. The Kier molecular flexibility index (Phi) is 8.22. The third-order valence-corrected chi connectivity index (χ3v) is 4.36. The van der Waals surface area contributed by atoms with E-state index < -0.39 is 0 Å². The second-order valence-electron chi connectivity index (χ2n) is 5.07. The van der Waals surface area contributed by atoms with Crippen LogP contribution in [-0.2, 0) is 9.59 Å². The number of nitrogens with one attached hydrogen (secondary N) is 3. The molecule has 23 heavy (non-hydrogen) atoms. The van der Waals surface area contributed by atoms with Gasteiger partial charge in [0.15, 0.2) is 0 Å². The van der Waals surface area contributed by atoms with Crippen molar-refractivity contribution in [2.45, 2.75) is 19.4 Å². The van der Waals surface area contributed by atoms with Gasteiger partial charge in [-0.05, 0) is 12.1 Å². The van der Waals surface area contributed by atoms with Crippen molar-refractivity contribution in [3.05, 3.63) is 18.2 Å². The second-order valence-corrected chi connectivity index (χ2v) is 6.22. The quantitative estimate of drug-likeness (QED) is 0.750. The lowest BCUT2D eigenvalue weighted by Gasteiger charge is -2.22. The van der Waals surface area contributed by atoms with Crippen molar-refractivity contribution in [1.82, 2.24) is 5.32 Å². The Morgan fingerprint density at radius 1 is 1.39 bits per heavy atom. The largest absolute Gasteiger partial charge is 0.494 e. The maximum Gasteiger partial charge on any atom is 0.225 e. The van der Waals surface area contributed by atoms with Crippen molar-refractivity contribution in [2.24, 2.45) is 0 Å². The van der Waals surface area contributed by atoms with Crippen LogP contribution in [0.3, 0.4) is 0 Å². The van der Waals surface area contributed by atoms with Gasteiger partial charge in [-0.15, -0.1) is 12.4 Å². The van der Waals surface area contributed by atoms with Crippen LogP contribution < -0.4 is 20.7 Å². The van der Waals surface area contributed by atoms with Crippen molar-refractivity contribution < 1.29 is 14.3 Å². The lowest BCUT2D eigenvalue weighted by molar-refractivity contribution is -0.116. The molecule has 1 saturated heterocycles. The number of halogens is 1. The van der Waals surface area contributed by atoms with E-state index in [1.807, 2.05) is 11.8 Å². The Hall–Kier alpha value is -1.44. The van der Waals surface area contributed by atoms with Crippen molar-refractivity contribution in [3.8, 4) is 5.75 Å². The van der Waals surface area contributed by atoms with Gasteiger partial charge in [-0.3, -0.25) is 9.59 Å². The number of ether oxygens (including phenoxy) is 1. The summed E-state index contributed by atoms with van der Waals surface area (Å²) in [6.45, 7) is 2.38. The molecule has 128 valence electrons. The van der Waals surface area contributed by atoms with E-state index in [1.54, 1.807) is 18.2 Å². The van der Waals surface area contributed by atoms with E-state index in [0.29, 0.717) is 23.5 Å². The van der Waals surface area contributed by atoms with Crippen LogP contribution in [0.5, 0.6) is 5.75 Å². The summed E-state index contributed by atoms with van der Waals surface area (Å²) in [7, 11) is 1.52. The zero-order valence-corrected chi connectivity index (χ0v) is 14.8. The van der Waals surface area contributed by atoms with Gasteiger partial charge in [0.05, 0.1) is 12.8 Å². The van der Waals surface area contributed by atoms with E-state index in [1.165, 1.54) is 14.0 Å². The number of benzene rings is 1. The van der Waals surface area contributed by atoms with Gasteiger partial charge in [-0.25, -0.2) is 0 Å². The van der Waals surface area contributed by atoms with Crippen LogP contribution in [0, 0.1) is 0 Å². The average molecular weight is 360 g/mol. The molecule has 0 bridgehead atoms. The zero-order chi connectivity index (χ0) is 15.9. The second kappa shape index (κ2) is 9.64. The molecule has 2 rings (SSSR count). The standard InChI is InChI=1S/C15H21N3O3S.ClH/c1-10(19)17-13-4-3-11(7-14(13)21-2)18-15(20)8-12-9-22-6-5-16-12;/h3-4,7,12,16H,5-6,8-9H2,1-2H3,(H,17,19)(H,18,20);1H. The molecule has 0 aliphatic carbocycles. The minimum atomic E-state index is -0.170. The van der Waals surface area contributed by atoms with Crippen LogP contribution >= 0.6 is 24.2 Å². The Morgan fingerprint density at radius 3 is 2.78 bits per heavy atom. The average Bonchev–Trinajstić information content (AvgIpc) is 2.49. The van der Waals surface area contributed by atoms with Crippen molar-refractivity contribution >= 4 is 47.4 Å². The number of amides is 2. The summed E-state index contributed by atoms with van der Waals surface area (Å²) in [5, 5.41) is 8.88. The summed E-state index contributed by atoms with van der Waals surface area (Å²) >= 11 is 1.86. The van der Waals surface area contributed by atoms with Crippen LogP contribution in [-0.4, -0.2) is 43.0 Å². The van der Waals surface area contributed by atoms with Gasteiger partial charge in [-0.2, -0.15) is 11.8 Å². The first-order valence-corrected chi connectivity index (χ1v) is 8.30. The molecule has 1 aromatic rings. The van der Waals surface area contributed by atoms with E-state index in [0.717, 1.165) is 18.1 Å². The minimum Gasteiger partial charge on any atom is -0.494 e. The fourth-order valence-electron chi connectivity index (χ4n) is 2.25. The Balaban J connectivity index is 0.00000264. The van der Waals surface area contributed by atoms with Gasteiger partial charge in [0.1, 0.15) is 5.75 Å². The first-order chi connectivity index (χ1) is 10.6. The molecule has 1 fully saturated rings. The topological polar surface area (TPSA) is 79.5 Å². The normalized spacial score (nSPS) is 16.9. The van der Waals surface area contributed by atoms with Crippen molar-refractivity contribution in [3.63, 3.8) is 0 Å². The molecule has 0 aromatic heterocycles. The number of carbonyl (C=O) groups excluding carboxylic acids is 2. The molecule has 1 aliphatic heterocycles. The van der Waals surface area contributed by atoms with Gasteiger partial charge in [0.2, 0.25) is 11.8 Å². The number of thioether (sulfide) groups is 1. The van der Waals surface area contributed by atoms with Crippen LogP contribution in [0.2, 0.25) is 0 Å². The summed E-state index contributed by atoms with van der Waals surface area (Å²) < 4.78 is 5.24. The third-order valence-electron chi connectivity index (χ3n) is 3.23. The maximum absolute atomic E-state index is 12.1. The molecular weight excluding hydrogens is 338 g/mol. The summed E-state index contributed by atoms with van der Waals surface area (Å²) in [5.41, 5.74) is 1.23. The number of anilines is 2. The molecule has 3 N–H and O–H groups in total. The van der Waals surface area contributed by atoms with Crippen molar-refractivity contribution in [1.29, 1.82) is 0 Å². The highest BCUT2D eigenvalue weighted by atomic mass is 35.5. The highest BCUT2D eigenvalue weighted by molar-refractivity contribution is 7.99.